The molecule has 0 unspecified atom stereocenters. The third kappa shape index (κ3) is 4.07. The zero-order valence-corrected chi connectivity index (χ0v) is 25.8. The number of para-hydroxylation sites is 3. The van der Waals surface area contributed by atoms with Crippen LogP contribution in [0.15, 0.2) is 158 Å². The second kappa shape index (κ2) is 10.9. The molecule has 0 amide bonds. The monoisotopic (exact) mass is 610 g/mol. The Morgan fingerprint density at radius 3 is 1.62 bits per heavy atom. The van der Waals surface area contributed by atoms with Gasteiger partial charge in [0.05, 0.1) is 51.0 Å². The highest BCUT2D eigenvalue weighted by Gasteiger charge is 2.19. The molecule has 0 aliphatic carbocycles. The molecular formula is C44H26N4. The van der Waals surface area contributed by atoms with E-state index in [2.05, 4.69) is 143 Å². The fraction of sp³-hybridized carbons (Fsp3) is 0. The molecule has 222 valence electrons. The Hall–Kier alpha value is -6.88. The van der Waals surface area contributed by atoms with Crippen LogP contribution in [0.3, 0.4) is 0 Å². The molecule has 0 atom stereocenters. The lowest BCUT2D eigenvalue weighted by Gasteiger charge is -2.16. The van der Waals surface area contributed by atoms with Crippen LogP contribution in [0.25, 0.3) is 77.2 Å². The Balaban J connectivity index is 1.18. The lowest BCUT2D eigenvalue weighted by atomic mass is 9.94. The van der Waals surface area contributed by atoms with E-state index in [0.717, 1.165) is 66.5 Å². The SMILES string of the molecule is N#Cc1cccc(-n2c3ccccc3c3ccccc32)c1-c1cccc(-c2ccc(-n3c4ccccc4c4c(C#N)cccc43)cc2)c1. The second-order valence-corrected chi connectivity index (χ2v) is 12.0. The van der Waals surface area contributed by atoms with E-state index < -0.39 is 0 Å². The minimum atomic E-state index is 0.630. The van der Waals surface area contributed by atoms with Gasteiger partial charge in [-0.05, 0) is 77.4 Å². The quantitative estimate of drug-likeness (QED) is 0.199. The van der Waals surface area contributed by atoms with Crippen molar-refractivity contribution in [3.05, 3.63) is 169 Å². The molecule has 0 N–H and O–H groups in total. The summed E-state index contributed by atoms with van der Waals surface area (Å²) >= 11 is 0. The molecule has 48 heavy (non-hydrogen) atoms. The van der Waals surface area contributed by atoms with E-state index in [1.165, 1.54) is 10.8 Å². The molecule has 0 aliphatic heterocycles. The summed E-state index contributed by atoms with van der Waals surface area (Å²) in [7, 11) is 0. The highest BCUT2D eigenvalue weighted by atomic mass is 15.0. The first-order valence-electron chi connectivity index (χ1n) is 15.9. The Morgan fingerprint density at radius 2 is 0.938 bits per heavy atom. The molecule has 2 heterocycles. The summed E-state index contributed by atoms with van der Waals surface area (Å²) in [4.78, 5) is 0. The van der Waals surface area contributed by atoms with Crippen molar-refractivity contribution in [3.63, 3.8) is 0 Å². The standard InChI is InChI=1S/C44H26N4/c45-27-32-12-8-20-41(48-38-17-4-1-14-35(38)36-15-2-5-18-39(36)48)43(32)31-11-7-10-30(26-31)29-22-24-34(25-23-29)47-40-19-6-3-16-37(40)44-33(28-46)13-9-21-42(44)47/h1-26H. The topological polar surface area (TPSA) is 57.4 Å². The number of fused-ring (bicyclic) bond motifs is 6. The van der Waals surface area contributed by atoms with E-state index in [1.807, 2.05) is 36.4 Å². The Bertz CT molecular complexity index is 2750. The molecule has 0 bridgehead atoms. The van der Waals surface area contributed by atoms with E-state index >= 15 is 0 Å². The van der Waals surface area contributed by atoms with Crippen LogP contribution in [0.4, 0.5) is 0 Å². The van der Waals surface area contributed by atoms with Gasteiger partial charge < -0.3 is 9.13 Å². The molecule has 0 saturated heterocycles. The van der Waals surface area contributed by atoms with Gasteiger partial charge >= 0.3 is 0 Å². The van der Waals surface area contributed by atoms with E-state index in [0.29, 0.717) is 11.1 Å². The van der Waals surface area contributed by atoms with Crippen LogP contribution < -0.4 is 0 Å². The van der Waals surface area contributed by atoms with Crippen molar-refractivity contribution >= 4 is 43.6 Å². The van der Waals surface area contributed by atoms with E-state index in [-0.39, 0.29) is 0 Å². The van der Waals surface area contributed by atoms with Crippen LogP contribution in [-0.4, -0.2) is 9.13 Å². The molecule has 0 fully saturated rings. The fourth-order valence-electron chi connectivity index (χ4n) is 7.35. The van der Waals surface area contributed by atoms with Gasteiger partial charge in [0.15, 0.2) is 0 Å². The molecule has 9 rings (SSSR count). The first kappa shape index (κ1) is 27.4. The number of rotatable bonds is 4. The van der Waals surface area contributed by atoms with Gasteiger partial charge in [-0.3, -0.25) is 0 Å². The molecule has 7 aromatic carbocycles. The van der Waals surface area contributed by atoms with Crippen LogP contribution in [0.5, 0.6) is 0 Å². The maximum atomic E-state index is 10.3. The number of hydrogen-bond acceptors (Lipinski definition) is 2. The smallest absolute Gasteiger partial charge is 0.0998 e. The Kier molecular flexibility index (Phi) is 6.22. The molecule has 4 nitrogen and oxygen atoms in total. The molecule has 9 aromatic rings. The van der Waals surface area contributed by atoms with Gasteiger partial charge in [-0.25, -0.2) is 0 Å². The third-order valence-corrected chi connectivity index (χ3v) is 9.41. The van der Waals surface area contributed by atoms with Gasteiger partial charge in [0.2, 0.25) is 0 Å². The fourth-order valence-corrected chi connectivity index (χ4v) is 7.35. The van der Waals surface area contributed by atoms with Gasteiger partial charge in [0, 0.05) is 32.8 Å². The van der Waals surface area contributed by atoms with Crippen molar-refractivity contribution in [1.82, 2.24) is 9.13 Å². The van der Waals surface area contributed by atoms with Crippen LogP contribution in [0.2, 0.25) is 0 Å². The van der Waals surface area contributed by atoms with E-state index in [1.54, 1.807) is 0 Å². The van der Waals surface area contributed by atoms with Crippen molar-refractivity contribution in [1.29, 1.82) is 10.5 Å². The molecule has 0 spiro atoms. The zero-order chi connectivity index (χ0) is 32.2. The number of nitrogens with zero attached hydrogens (tertiary/aromatic N) is 4. The lowest BCUT2D eigenvalue weighted by Crippen LogP contribution is -1.99. The summed E-state index contributed by atoms with van der Waals surface area (Å²) in [5, 5.41) is 24.6. The first-order chi connectivity index (χ1) is 23.7. The van der Waals surface area contributed by atoms with E-state index in [4.69, 9.17) is 0 Å². The van der Waals surface area contributed by atoms with Crippen molar-refractivity contribution in [2.45, 2.75) is 0 Å². The third-order valence-electron chi connectivity index (χ3n) is 9.41. The summed E-state index contributed by atoms with van der Waals surface area (Å²) in [5.74, 6) is 0. The van der Waals surface area contributed by atoms with Gasteiger partial charge in [-0.15, -0.1) is 0 Å². The van der Waals surface area contributed by atoms with Crippen molar-refractivity contribution in [2.24, 2.45) is 0 Å². The number of nitriles is 2. The molecule has 0 aliphatic rings. The van der Waals surface area contributed by atoms with Gasteiger partial charge in [-0.2, -0.15) is 10.5 Å². The maximum absolute atomic E-state index is 10.3. The summed E-state index contributed by atoms with van der Waals surface area (Å²) in [5.41, 5.74) is 11.6. The van der Waals surface area contributed by atoms with E-state index in [9.17, 15) is 10.5 Å². The van der Waals surface area contributed by atoms with Crippen LogP contribution in [0, 0.1) is 22.7 Å². The minimum absolute atomic E-state index is 0.630. The van der Waals surface area contributed by atoms with Gasteiger partial charge in [-0.1, -0.05) is 97.1 Å². The summed E-state index contributed by atoms with van der Waals surface area (Å²) in [6, 6.07) is 58.9. The number of aromatic nitrogens is 2. The second-order valence-electron chi connectivity index (χ2n) is 12.0. The normalized spacial score (nSPS) is 11.3. The summed E-state index contributed by atoms with van der Waals surface area (Å²) in [6.45, 7) is 0. The van der Waals surface area contributed by atoms with Gasteiger partial charge in [0.1, 0.15) is 0 Å². The predicted molar refractivity (Wildman–Crippen MR) is 195 cm³/mol. The van der Waals surface area contributed by atoms with Crippen LogP contribution in [-0.2, 0) is 0 Å². The lowest BCUT2D eigenvalue weighted by molar-refractivity contribution is 1.18. The first-order valence-corrected chi connectivity index (χ1v) is 15.9. The Labute approximate surface area is 277 Å². The highest BCUT2D eigenvalue weighted by Crippen LogP contribution is 2.39. The average Bonchev–Trinajstić information content (AvgIpc) is 3.68. The molecular weight excluding hydrogens is 585 g/mol. The number of benzene rings is 7. The van der Waals surface area contributed by atoms with Crippen LogP contribution in [0.1, 0.15) is 11.1 Å². The molecule has 0 saturated carbocycles. The van der Waals surface area contributed by atoms with Crippen LogP contribution >= 0.6 is 0 Å². The average molecular weight is 611 g/mol. The van der Waals surface area contributed by atoms with Crippen molar-refractivity contribution in [2.75, 3.05) is 0 Å². The Morgan fingerprint density at radius 1 is 0.396 bits per heavy atom. The minimum Gasteiger partial charge on any atom is -0.309 e. The van der Waals surface area contributed by atoms with Gasteiger partial charge in [0.25, 0.3) is 0 Å². The zero-order valence-electron chi connectivity index (χ0n) is 25.8. The number of hydrogen-bond donors (Lipinski definition) is 0. The molecule has 0 radical (unpaired) electrons. The van der Waals surface area contributed by atoms with Crippen molar-refractivity contribution in [3.8, 4) is 45.8 Å². The summed E-state index contributed by atoms with van der Waals surface area (Å²) < 4.78 is 4.51. The van der Waals surface area contributed by atoms with Crippen molar-refractivity contribution < 1.29 is 0 Å². The maximum Gasteiger partial charge on any atom is 0.0998 e. The summed E-state index contributed by atoms with van der Waals surface area (Å²) in [6.07, 6.45) is 0. The highest BCUT2D eigenvalue weighted by molar-refractivity contribution is 6.12. The predicted octanol–water partition coefficient (Wildman–Crippen LogP) is 11.0. The molecule has 4 heteroatoms. The largest absolute Gasteiger partial charge is 0.309 e. The molecule has 2 aromatic heterocycles.